The smallest absolute Gasteiger partial charge is 0.264 e. The summed E-state index contributed by atoms with van der Waals surface area (Å²) >= 11 is 0. The van der Waals surface area contributed by atoms with E-state index in [1.807, 2.05) is 0 Å². The van der Waals surface area contributed by atoms with Crippen LogP contribution in [0, 0.1) is 5.92 Å². The Bertz CT molecular complexity index is 669. The highest BCUT2D eigenvalue weighted by atomic mass is 32.2. The number of amides is 1. The fraction of sp³-hybridized carbons (Fsp3) is 0.611. The second-order valence-electron chi connectivity index (χ2n) is 6.53. The van der Waals surface area contributed by atoms with Gasteiger partial charge < -0.3 is 5.32 Å². The van der Waals surface area contributed by atoms with E-state index in [1.165, 1.54) is 58.4 Å². The molecule has 1 fully saturated rings. The minimum atomic E-state index is -3.75. The van der Waals surface area contributed by atoms with Crippen molar-refractivity contribution in [2.75, 3.05) is 20.7 Å². The quantitative estimate of drug-likeness (QED) is 0.565. The van der Waals surface area contributed by atoms with Crippen molar-refractivity contribution in [3.8, 4) is 0 Å². The van der Waals surface area contributed by atoms with E-state index in [2.05, 4.69) is 5.32 Å². The maximum atomic E-state index is 12.3. The van der Waals surface area contributed by atoms with E-state index in [-0.39, 0.29) is 10.8 Å². The van der Waals surface area contributed by atoms with E-state index in [4.69, 9.17) is 4.84 Å². The van der Waals surface area contributed by atoms with Gasteiger partial charge in [0.25, 0.3) is 15.9 Å². The number of carbonyl (C=O) groups excluding carboxylic acids is 1. The number of nitrogens with zero attached hydrogens (tertiary/aromatic N) is 1. The van der Waals surface area contributed by atoms with Crippen molar-refractivity contribution in [2.45, 2.75) is 49.8 Å². The molecule has 0 spiro atoms. The summed E-state index contributed by atoms with van der Waals surface area (Å²) in [5, 5.41) is 2.88. The van der Waals surface area contributed by atoms with Crippen molar-refractivity contribution >= 4 is 15.9 Å². The fourth-order valence-corrected chi connectivity index (χ4v) is 4.23. The number of sulfonamides is 1. The third-order valence-electron chi connectivity index (χ3n) is 4.79. The predicted octanol–water partition coefficient (Wildman–Crippen LogP) is 2.96. The minimum absolute atomic E-state index is 0.0340. The van der Waals surface area contributed by atoms with Gasteiger partial charge >= 0.3 is 0 Å². The van der Waals surface area contributed by atoms with Gasteiger partial charge in [-0.05, 0) is 37.0 Å². The average molecular weight is 368 g/mol. The number of hydrogen-bond acceptors (Lipinski definition) is 4. The molecule has 0 heterocycles. The van der Waals surface area contributed by atoms with Gasteiger partial charge in [-0.1, -0.05) is 42.6 Å². The molecule has 1 amide bonds. The molecule has 1 saturated carbocycles. The number of hydrogen-bond donors (Lipinski definition) is 1. The molecule has 1 aromatic carbocycles. The summed E-state index contributed by atoms with van der Waals surface area (Å²) in [6.45, 7) is 0.615. The third-order valence-corrected chi connectivity index (χ3v) is 6.46. The Morgan fingerprint density at radius 3 is 2.68 bits per heavy atom. The zero-order chi connectivity index (χ0) is 18.3. The van der Waals surface area contributed by atoms with E-state index in [9.17, 15) is 13.2 Å². The lowest BCUT2D eigenvalue weighted by Crippen LogP contribution is -2.27. The van der Waals surface area contributed by atoms with Gasteiger partial charge in [0.1, 0.15) is 0 Å². The van der Waals surface area contributed by atoms with Gasteiger partial charge in [-0.15, -0.1) is 0 Å². The Labute approximate surface area is 150 Å². The van der Waals surface area contributed by atoms with Crippen molar-refractivity contribution in [2.24, 2.45) is 5.92 Å². The molecule has 1 aromatic rings. The predicted molar refractivity (Wildman–Crippen MR) is 96.5 cm³/mol. The monoisotopic (exact) mass is 368 g/mol. The van der Waals surface area contributed by atoms with E-state index >= 15 is 0 Å². The molecule has 140 valence electrons. The normalized spacial score (nSPS) is 16.1. The van der Waals surface area contributed by atoms with Crippen LogP contribution in [-0.4, -0.2) is 39.5 Å². The Balaban J connectivity index is 1.88. The molecular formula is C18H28N2O4S. The van der Waals surface area contributed by atoms with Crippen LogP contribution in [0.2, 0.25) is 0 Å². The SMILES string of the molecule is CON(C)S(=O)(=O)c1cccc(C(=O)NCCCC2CCCCC2)c1. The molecule has 0 bridgehead atoms. The molecule has 0 unspecified atom stereocenters. The van der Waals surface area contributed by atoms with E-state index in [0.29, 0.717) is 12.1 Å². The highest BCUT2D eigenvalue weighted by Gasteiger charge is 2.22. The lowest BCUT2D eigenvalue weighted by atomic mass is 9.86. The Morgan fingerprint density at radius 1 is 1.28 bits per heavy atom. The summed E-state index contributed by atoms with van der Waals surface area (Å²) in [6.07, 6.45) is 8.73. The van der Waals surface area contributed by atoms with Gasteiger partial charge in [0.2, 0.25) is 0 Å². The van der Waals surface area contributed by atoms with E-state index < -0.39 is 10.0 Å². The highest BCUT2D eigenvalue weighted by molar-refractivity contribution is 7.89. The number of rotatable bonds is 8. The number of hydroxylamine groups is 1. The van der Waals surface area contributed by atoms with Crippen molar-refractivity contribution < 1.29 is 18.0 Å². The van der Waals surface area contributed by atoms with E-state index in [1.54, 1.807) is 12.1 Å². The van der Waals surface area contributed by atoms with Crippen molar-refractivity contribution in [3.63, 3.8) is 0 Å². The first-order chi connectivity index (χ1) is 11.9. The average Bonchev–Trinajstić information content (AvgIpc) is 2.65. The van der Waals surface area contributed by atoms with Crippen LogP contribution < -0.4 is 5.32 Å². The Morgan fingerprint density at radius 2 is 2.00 bits per heavy atom. The molecule has 7 heteroatoms. The molecule has 25 heavy (non-hydrogen) atoms. The second-order valence-corrected chi connectivity index (χ2v) is 8.46. The number of benzene rings is 1. The zero-order valence-corrected chi connectivity index (χ0v) is 15.8. The first kappa shape index (κ1) is 19.9. The minimum Gasteiger partial charge on any atom is -0.352 e. The molecule has 1 aliphatic rings. The van der Waals surface area contributed by atoms with Crippen LogP contribution in [0.15, 0.2) is 29.2 Å². The largest absolute Gasteiger partial charge is 0.352 e. The molecule has 2 rings (SSSR count). The first-order valence-electron chi connectivity index (χ1n) is 8.86. The maximum Gasteiger partial charge on any atom is 0.264 e. The summed E-state index contributed by atoms with van der Waals surface area (Å²) in [7, 11) is -1.16. The van der Waals surface area contributed by atoms with Crippen LogP contribution in [0.3, 0.4) is 0 Å². The second kappa shape index (κ2) is 9.31. The zero-order valence-electron chi connectivity index (χ0n) is 15.0. The molecule has 1 N–H and O–H groups in total. The fourth-order valence-electron chi connectivity index (χ4n) is 3.21. The van der Waals surface area contributed by atoms with Crippen LogP contribution in [0.1, 0.15) is 55.3 Å². The van der Waals surface area contributed by atoms with Crippen LogP contribution >= 0.6 is 0 Å². The first-order valence-corrected chi connectivity index (χ1v) is 10.3. The molecule has 1 aliphatic carbocycles. The van der Waals surface area contributed by atoms with Crippen LogP contribution in [-0.2, 0) is 14.9 Å². The van der Waals surface area contributed by atoms with Gasteiger partial charge in [0, 0.05) is 19.2 Å². The lowest BCUT2D eigenvalue weighted by molar-refractivity contribution is -0.0258. The number of carbonyl (C=O) groups is 1. The molecule has 0 atom stereocenters. The molecule has 0 aliphatic heterocycles. The summed E-state index contributed by atoms with van der Waals surface area (Å²) in [6, 6.07) is 6.00. The van der Waals surface area contributed by atoms with Gasteiger partial charge in [-0.25, -0.2) is 8.42 Å². The van der Waals surface area contributed by atoms with Crippen molar-refractivity contribution in [1.29, 1.82) is 0 Å². The number of nitrogens with one attached hydrogen (secondary N) is 1. The van der Waals surface area contributed by atoms with Gasteiger partial charge in [-0.3, -0.25) is 9.63 Å². The lowest BCUT2D eigenvalue weighted by Gasteiger charge is -2.21. The third kappa shape index (κ3) is 5.52. The summed E-state index contributed by atoms with van der Waals surface area (Å²) in [5.41, 5.74) is 0.336. The maximum absolute atomic E-state index is 12.3. The van der Waals surface area contributed by atoms with Crippen LogP contribution in [0.25, 0.3) is 0 Å². The van der Waals surface area contributed by atoms with Gasteiger partial charge in [-0.2, -0.15) is 0 Å². The van der Waals surface area contributed by atoms with Crippen molar-refractivity contribution in [1.82, 2.24) is 9.79 Å². The molecule has 0 aromatic heterocycles. The van der Waals surface area contributed by atoms with Gasteiger partial charge in [0.15, 0.2) is 0 Å². The molecule has 6 nitrogen and oxygen atoms in total. The highest BCUT2D eigenvalue weighted by Crippen LogP contribution is 2.27. The van der Waals surface area contributed by atoms with Crippen molar-refractivity contribution in [3.05, 3.63) is 29.8 Å². The summed E-state index contributed by atoms with van der Waals surface area (Å²) < 4.78 is 25.3. The van der Waals surface area contributed by atoms with E-state index in [0.717, 1.165) is 23.2 Å². The summed E-state index contributed by atoms with van der Waals surface area (Å²) in [4.78, 5) is 17.0. The molecular weight excluding hydrogens is 340 g/mol. The van der Waals surface area contributed by atoms with Crippen LogP contribution in [0.5, 0.6) is 0 Å². The molecule has 0 saturated heterocycles. The van der Waals surface area contributed by atoms with Gasteiger partial charge in [0.05, 0.1) is 12.0 Å². The Kier molecular flexibility index (Phi) is 7.40. The van der Waals surface area contributed by atoms with Crippen LogP contribution in [0.4, 0.5) is 0 Å². The topological polar surface area (TPSA) is 75.7 Å². The molecule has 0 radical (unpaired) electrons. The standard InChI is InChI=1S/C18H28N2O4S/c1-20(24-2)25(22,23)17-12-6-11-16(14-17)18(21)19-13-7-10-15-8-4-3-5-9-15/h6,11-12,14-15H,3-5,7-10,13H2,1-2H3,(H,19,21). The Hall–Kier alpha value is -1.44. The summed E-state index contributed by atoms with van der Waals surface area (Å²) in [5.74, 6) is 0.546.